The lowest BCUT2D eigenvalue weighted by atomic mass is 9.87. The summed E-state index contributed by atoms with van der Waals surface area (Å²) in [5.74, 6) is -0.209. The van der Waals surface area contributed by atoms with Gasteiger partial charge in [-0.05, 0) is 62.2 Å². The normalized spacial score (nSPS) is 24.5. The SMILES string of the molecule is O=C(c1ccc(F)cc1)C1CCN([C@H]2CCN(Cc3ccccc3)C[C@@H]2O)CC1. The summed E-state index contributed by atoms with van der Waals surface area (Å²) in [4.78, 5) is 17.4. The van der Waals surface area contributed by atoms with E-state index in [1.54, 1.807) is 12.1 Å². The van der Waals surface area contributed by atoms with Crippen LogP contribution in [0, 0.1) is 11.7 Å². The molecule has 2 aromatic rings. The number of carbonyl (C=O) groups is 1. The molecule has 0 aromatic heterocycles. The molecule has 4 rings (SSSR count). The van der Waals surface area contributed by atoms with Crippen LogP contribution in [-0.2, 0) is 6.54 Å². The first-order chi connectivity index (χ1) is 14.1. The number of rotatable bonds is 5. The van der Waals surface area contributed by atoms with Crippen LogP contribution in [0.15, 0.2) is 54.6 Å². The zero-order chi connectivity index (χ0) is 20.2. The number of halogens is 1. The third-order valence-corrected chi connectivity index (χ3v) is 6.38. The molecule has 2 atom stereocenters. The van der Waals surface area contributed by atoms with Gasteiger partial charge in [0.15, 0.2) is 5.78 Å². The lowest BCUT2D eigenvalue weighted by molar-refractivity contribution is -0.0251. The van der Waals surface area contributed by atoms with Crippen LogP contribution in [-0.4, -0.2) is 59.0 Å². The van der Waals surface area contributed by atoms with Gasteiger partial charge in [0.1, 0.15) is 5.82 Å². The Kier molecular flexibility index (Phi) is 6.38. The second kappa shape index (κ2) is 9.16. The fraction of sp³-hybridized carbons (Fsp3) is 0.458. The molecule has 4 nitrogen and oxygen atoms in total. The Labute approximate surface area is 171 Å². The summed E-state index contributed by atoms with van der Waals surface area (Å²) >= 11 is 0. The highest BCUT2D eigenvalue weighted by atomic mass is 19.1. The van der Waals surface area contributed by atoms with Crippen molar-refractivity contribution in [3.63, 3.8) is 0 Å². The zero-order valence-electron chi connectivity index (χ0n) is 16.7. The fourth-order valence-corrected chi connectivity index (χ4v) is 4.74. The van der Waals surface area contributed by atoms with Crippen molar-refractivity contribution in [3.8, 4) is 0 Å². The highest BCUT2D eigenvalue weighted by molar-refractivity contribution is 5.97. The van der Waals surface area contributed by atoms with Gasteiger partial charge in [-0.3, -0.25) is 14.6 Å². The van der Waals surface area contributed by atoms with Crippen molar-refractivity contribution >= 4 is 5.78 Å². The Morgan fingerprint density at radius 2 is 1.66 bits per heavy atom. The third-order valence-electron chi connectivity index (χ3n) is 6.38. The number of nitrogens with zero attached hydrogens (tertiary/aromatic N) is 2. The molecule has 0 unspecified atom stereocenters. The van der Waals surface area contributed by atoms with E-state index >= 15 is 0 Å². The van der Waals surface area contributed by atoms with E-state index in [9.17, 15) is 14.3 Å². The van der Waals surface area contributed by atoms with Gasteiger partial charge in [-0.1, -0.05) is 30.3 Å². The van der Waals surface area contributed by atoms with Gasteiger partial charge in [-0.25, -0.2) is 4.39 Å². The highest BCUT2D eigenvalue weighted by Crippen LogP contribution is 2.27. The van der Waals surface area contributed by atoms with Crippen LogP contribution >= 0.6 is 0 Å². The molecule has 0 aliphatic carbocycles. The Balaban J connectivity index is 1.28. The smallest absolute Gasteiger partial charge is 0.166 e. The zero-order valence-corrected chi connectivity index (χ0v) is 16.7. The van der Waals surface area contributed by atoms with Gasteiger partial charge in [0.05, 0.1) is 6.10 Å². The van der Waals surface area contributed by atoms with Crippen LogP contribution in [0.25, 0.3) is 0 Å². The van der Waals surface area contributed by atoms with Crippen LogP contribution in [0.5, 0.6) is 0 Å². The maximum absolute atomic E-state index is 13.1. The Hall–Kier alpha value is -2.08. The highest BCUT2D eigenvalue weighted by Gasteiger charge is 2.35. The van der Waals surface area contributed by atoms with Crippen molar-refractivity contribution in [2.75, 3.05) is 26.2 Å². The fourth-order valence-electron chi connectivity index (χ4n) is 4.74. The molecule has 29 heavy (non-hydrogen) atoms. The Bertz CT molecular complexity index is 803. The molecule has 0 spiro atoms. The van der Waals surface area contributed by atoms with Crippen LogP contribution in [0.2, 0.25) is 0 Å². The first-order valence-electron chi connectivity index (χ1n) is 10.6. The standard InChI is InChI=1S/C24H29FN2O2/c25-21-8-6-19(7-9-21)24(29)20-10-14-27(15-11-20)22-12-13-26(17-23(22)28)16-18-4-2-1-3-5-18/h1-9,20,22-23,28H,10-17H2/t22-,23-/m0/s1. The molecule has 5 heteroatoms. The monoisotopic (exact) mass is 396 g/mol. The lowest BCUT2D eigenvalue weighted by Gasteiger charge is -2.44. The molecule has 0 amide bonds. The predicted octanol–water partition coefficient (Wildman–Crippen LogP) is 3.36. The number of carbonyl (C=O) groups excluding carboxylic acids is 1. The van der Waals surface area contributed by atoms with E-state index in [0.29, 0.717) is 12.1 Å². The molecule has 2 heterocycles. The summed E-state index contributed by atoms with van der Waals surface area (Å²) in [5.41, 5.74) is 1.87. The molecule has 2 aromatic carbocycles. The topological polar surface area (TPSA) is 43.8 Å². The number of hydrogen-bond acceptors (Lipinski definition) is 4. The number of β-amino-alcohol motifs (C(OH)–C–C–N with tert-alkyl or cyclic N) is 1. The average Bonchev–Trinajstić information content (AvgIpc) is 2.75. The second-order valence-corrected chi connectivity index (χ2v) is 8.33. The summed E-state index contributed by atoms with van der Waals surface area (Å²) < 4.78 is 13.1. The number of benzene rings is 2. The number of ketones is 1. The number of Topliss-reactive ketones (excluding diaryl/α,β-unsaturated/α-hetero) is 1. The molecular weight excluding hydrogens is 367 g/mol. The van der Waals surface area contributed by atoms with E-state index in [4.69, 9.17) is 0 Å². The summed E-state index contributed by atoms with van der Waals surface area (Å²) in [5, 5.41) is 10.8. The van der Waals surface area contributed by atoms with Crippen molar-refractivity contribution in [2.45, 2.75) is 38.0 Å². The summed E-state index contributed by atoms with van der Waals surface area (Å²) in [6.45, 7) is 4.20. The van der Waals surface area contributed by atoms with Gasteiger partial charge >= 0.3 is 0 Å². The van der Waals surface area contributed by atoms with Crippen LogP contribution in [0.4, 0.5) is 4.39 Å². The lowest BCUT2D eigenvalue weighted by Crippen LogP contribution is -2.55. The maximum atomic E-state index is 13.1. The van der Waals surface area contributed by atoms with E-state index < -0.39 is 0 Å². The average molecular weight is 397 g/mol. The molecule has 2 fully saturated rings. The number of aliphatic hydroxyl groups is 1. The van der Waals surface area contributed by atoms with Gasteiger partial charge in [0.2, 0.25) is 0 Å². The summed E-state index contributed by atoms with van der Waals surface area (Å²) in [6, 6.07) is 16.4. The molecule has 2 saturated heterocycles. The quantitative estimate of drug-likeness (QED) is 0.787. The summed E-state index contributed by atoms with van der Waals surface area (Å²) in [7, 11) is 0. The molecule has 0 saturated carbocycles. The molecule has 2 aliphatic heterocycles. The molecule has 154 valence electrons. The van der Waals surface area contributed by atoms with Gasteiger partial charge < -0.3 is 5.11 Å². The van der Waals surface area contributed by atoms with Gasteiger partial charge in [0, 0.05) is 37.2 Å². The van der Waals surface area contributed by atoms with E-state index in [1.165, 1.54) is 17.7 Å². The maximum Gasteiger partial charge on any atom is 0.166 e. The van der Waals surface area contributed by atoms with Crippen LogP contribution < -0.4 is 0 Å². The molecular formula is C24H29FN2O2. The van der Waals surface area contributed by atoms with E-state index in [0.717, 1.165) is 45.4 Å². The van der Waals surface area contributed by atoms with E-state index in [1.807, 2.05) is 6.07 Å². The minimum atomic E-state index is -0.364. The molecule has 2 aliphatic rings. The van der Waals surface area contributed by atoms with Crippen LogP contribution in [0.1, 0.15) is 35.2 Å². The minimum absolute atomic E-state index is 0.00739. The minimum Gasteiger partial charge on any atom is -0.390 e. The van der Waals surface area contributed by atoms with Crippen molar-refractivity contribution in [2.24, 2.45) is 5.92 Å². The van der Waals surface area contributed by atoms with Crippen LogP contribution in [0.3, 0.4) is 0 Å². The van der Waals surface area contributed by atoms with E-state index in [2.05, 4.69) is 34.1 Å². The largest absolute Gasteiger partial charge is 0.390 e. The number of piperidine rings is 2. The molecule has 1 N–H and O–H groups in total. The van der Waals surface area contributed by atoms with E-state index in [-0.39, 0.29) is 29.7 Å². The van der Waals surface area contributed by atoms with Crippen molar-refractivity contribution in [3.05, 3.63) is 71.5 Å². The first-order valence-corrected chi connectivity index (χ1v) is 10.6. The van der Waals surface area contributed by atoms with Gasteiger partial charge in [-0.15, -0.1) is 0 Å². The van der Waals surface area contributed by atoms with Crippen molar-refractivity contribution in [1.82, 2.24) is 9.80 Å². The number of likely N-dealkylation sites (tertiary alicyclic amines) is 2. The molecule has 0 radical (unpaired) electrons. The first kappa shape index (κ1) is 20.2. The van der Waals surface area contributed by atoms with Gasteiger partial charge in [-0.2, -0.15) is 0 Å². The number of aliphatic hydroxyl groups excluding tert-OH is 1. The van der Waals surface area contributed by atoms with Crippen molar-refractivity contribution in [1.29, 1.82) is 0 Å². The Morgan fingerprint density at radius 3 is 2.31 bits per heavy atom. The Morgan fingerprint density at radius 1 is 0.966 bits per heavy atom. The van der Waals surface area contributed by atoms with Crippen molar-refractivity contribution < 1.29 is 14.3 Å². The predicted molar refractivity (Wildman–Crippen MR) is 111 cm³/mol. The molecule has 0 bridgehead atoms. The second-order valence-electron chi connectivity index (χ2n) is 8.33. The number of hydrogen-bond donors (Lipinski definition) is 1. The van der Waals surface area contributed by atoms with Gasteiger partial charge in [0.25, 0.3) is 0 Å². The summed E-state index contributed by atoms with van der Waals surface area (Å²) in [6.07, 6.45) is 2.18. The third kappa shape index (κ3) is 4.92.